The largest absolute Gasteiger partial charge is 0.493 e. The van der Waals surface area contributed by atoms with Crippen molar-refractivity contribution in [2.24, 2.45) is 0 Å². The normalized spacial score (nSPS) is 15.7. The first-order valence-corrected chi connectivity index (χ1v) is 7.19. The van der Waals surface area contributed by atoms with Crippen LogP contribution in [0, 0.1) is 0 Å². The predicted octanol–water partition coefficient (Wildman–Crippen LogP) is 2.61. The Balaban J connectivity index is 1.82. The molecule has 4 rings (SSSR count). The molecule has 4 heteroatoms. The second-order valence-corrected chi connectivity index (χ2v) is 5.35. The van der Waals surface area contributed by atoms with Crippen LogP contribution >= 0.6 is 0 Å². The van der Waals surface area contributed by atoms with Crippen LogP contribution in [0.4, 0.5) is 5.82 Å². The van der Waals surface area contributed by atoms with E-state index in [1.807, 2.05) is 13.1 Å². The summed E-state index contributed by atoms with van der Waals surface area (Å²) in [6.45, 7) is 0.783. The Hall–Kier alpha value is -2.10. The summed E-state index contributed by atoms with van der Waals surface area (Å²) in [5.74, 6) is 2.81. The van der Waals surface area contributed by atoms with E-state index in [4.69, 9.17) is 14.7 Å². The smallest absolute Gasteiger partial charge is 0.161 e. The Morgan fingerprint density at radius 2 is 2.10 bits per heavy atom. The molecule has 0 atom stereocenters. The average molecular weight is 267 g/mol. The first-order valence-electron chi connectivity index (χ1n) is 7.19. The van der Waals surface area contributed by atoms with Gasteiger partial charge in [-0.2, -0.15) is 0 Å². The minimum atomic E-state index is 0.783. The van der Waals surface area contributed by atoms with Gasteiger partial charge >= 0.3 is 0 Å². The Morgan fingerprint density at radius 3 is 3.00 bits per heavy atom. The fourth-order valence-corrected chi connectivity index (χ4v) is 3.09. The first-order chi connectivity index (χ1) is 9.85. The van der Waals surface area contributed by atoms with E-state index < -0.39 is 0 Å². The van der Waals surface area contributed by atoms with Crippen LogP contribution in [-0.4, -0.2) is 23.6 Å². The zero-order valence-electron chi connectivity index (χ0n) is 11.6. The van der Waals surface area contributed by atoms with Crippen molar-refractivity contribution in [1.82, 2.24) is 9.97 Å². The zero-order chi connectivity index (χ0) is 13.5. The summed E-state index contributed by atoms with van der Waals surface area (Å²) in [6.07, 6.45) is 4.31. The van der Waals surface area contributed by atoms with Crippen molar-refractivity contribution in [3.63, 3.8) is 0 Å². The lowest BCUT2D eigenvalue weighted by Crippen LogP contribution is -2.03. The van der Waals surface area contributed by atoms with Crippen LogP contribution in [0.1, 0.15) is 23.2 Å². The number of nitrogens with zero attached hydrogens (tertiary/aromatic N) is 2. The lowest BCUT2D eigenvalue weighted by Gasteiger charge is -2.10. The predicted molar refractivity (Wildman–Crippen MR) is 78.2 cm³/mol. The molecule has 0 spiro atoms. The van der Waals surface area contributed by atoms with Crippen molar-refractivity contribution in [2.45, 2.75) is 25.7 Å². The van der Waals surface area contributed by atoms with Gasteiger partial charge in [0.2, 0.25) is 0 Å². The van der Waals surface area contributed by atoms with Crippen molar-refractivity contribution < 1.29 is 4.74 Å². The third-order valence-corrected chi connectivity index (χ3v) is 4.12. The van der Waals surface area contributed by atoms with Crippen molar-refractivity contribution in [3.8, 4) is 17.1 Å². The molecule has 1 aliphatic heterocycles. The van der Waals surface area contributed by atoms with Gasteiger partial charge in [0.1, 0.15) is 11.6 Å². The summed E-state index contributed by atoms with van der Waals surface area (Å²) in [6, 6.07) is 6.26. The molecule has 20 heavy (non-hydrogen) atoms. The number of benzene rings is 1. The van der Waals surface area contributed by atoms with E-state index in [0.717, 1.165) is 48.8 Å². The molecule has 1 aromatic carbocycles. The second-order valence-electron chi connectivity index (χ2n) is 5.35. The van der Waals surface area contributed by atoms with E-state index in [2.05, 4.69) is 17.4 Å². The Kier molecular flexibility index (Phi) is 2.62. The van der Waals surface area contributed by atoms with E-state index in [-0.39, 0.29) is 0 Å². The minimum Gasteiger partial charge on any atom is -0.493 e. The van der Waals surface area contributed by atoms with Gasteiger partial charge in [-0.05, 0) is 43.0 Å². The third kappa shape index (κ3) is 1.75. The van der Waals surface area contributed by atoms with Crippen molar-refractivity contribution in [3.05, 3.63) is 35.0 Å². The minimum absolute atomic E-state index is 0.783. The molecule has 0 radical (unpaired) electrons. The van der Waals surface area contributed by atoms with Gasteiger partial charge in [0.05, 0.1) is 6.61 Å². The van der Waals surface area contributed by atoms with E-state index in [0.29, 0.717) is 0 Å². The average Bonchev–Trinajstić information content (AvgIpc) is 3.13. The van der Waals surface area contributed by atoms with Crippen LogP contribution < -0.4 is 10.1 Å². The molecule has 0 unspecified atom stereocenters. The van der Waals surface area contributed by atoms with Crippen LogP contribution in [0.2, 0.25) is 0 Å². The maximum atomic E-state index is 5.56. The highest BCUT2D eigenvalue weighted by molar-refractivity contribution is 5.63. The summed E-state index contributed by atoms with van der Waals surface area (Å²) in [4.78, 5) is 9.46. The molecule has 102 valence electrons. The van der Waals surface area contributed by atoms with Crippen molar-refractivity contribution in [1.29, 1.82) is 0 Å². The van der Waals surface area contributed by atoms with Crippen LogP contribution in [0.15, 0.2) is 18.2 Å². The van der Waals surface area contributed by atoms with Gasteiger partial charge in [0.25, 0.3) is 0 Å². The Bertz CT molecular complexity index is 682. The number of nitrogens with one attached hydrogen (secondary N) is 1. The number of ether oxygens (including phenoxy) is 1. The SMILES string of the molecule is CNc1nc(-c2ccc3c(c2)CCO3)nc2c1CCC2. The van der Waals surface area contributed by atoms with E-state index >= 15 is 0 Å². The molecule has 2 heterocycles. The number of aryl methyl sites for hydroxylation is 1. The summed E-state index contributed by atoms with van der Waals surface area (Å²) < 4.78 is 5.56. The third-order valence-electron chi connectivity index (χ3n) is 4.12. The molecule has 1 aromatic heterocycles. The first kappa shape index (κ1) is 11.7. The zero-order valence-corrected chi connectivity index (χ0v) is 11.6. The molecule has 2 aliphatic rings. The fraction of sp³-hybridized carbons (Fsp3) is 0.375. The lowest BCUT2D eigenvalue weighted by atomic mass is 10.1. The number of fused-ring (bicyclic) bond motifs is 2. The van der Waals surface area contributed by atoms with Crippen LogP contribution in [-0.2, 0) is 19.3 Å². The number of anilines is 1. The quantitative estimate of drug-likeness (QED) is 0.908. The maximum Gasteiger partial charge on any atom is 0.161 e. The molecule has 0 saturated heterocycles. The molecular weight excluding hydrogens is 250 g/mol. The van der Waals surface area contributed by atoms with Gasteiger partial charge in [-0.25, -0.2) is 9.97 Å². The van der Waals surface area contributed by atoms with Gasteiger partial charge in [0, 0.05) is 30.3 Å². The standard InChI is InChI=1S/C16H17N3O/c1-17-16-12-3-2-4-13(12)18-15(19-16)11-5-6-14-10(9-11)7-8-20-14/h5-6,9H,2-4,7-8H2,1H3,(H,17,18,19). The van der Waals surface area contributed by atoms with Gasteiger partial charge in [0.15, 0.2) is 5.82 Å². The summed E-state index contributed by atoms with van der Waals surface area (Å²) in [5, 5.41) is 3.21. The molecule has 2 aromatic rings. The molecule has 0 amide bonds. The van der Waals surface area contributed by atoms with Gasteiger partial charge in [-0.15, -0.1) is 0 Å². The monoisotopic (exact) mass is 267 g/mol. The Morgan fingerprint density at radius 1 is 1.15 bits per heavy atom. The number of aromatic nitrogens is 2. The van der Waals surface area contributed by atoms with Crippen LogP contribution in [0.5, 0.6) is 5.75 Å². The Labute approximate surface area is 118 Å². The molecule has 1 N–H and O–H groups in total. The van der Waals surface area contributed by atoms with Gasteiger partial charge in [-0.3, -0.25) is 0 Å². The van der Waals surface area contributed by atoms with E-state index in [1.165, 1.54) is 23.2 Å². The molecular formula is C16H17N3O. The fourth-order valence-electron chi connectivity index (χ4n) is 3.09. The van der Waals surface area contributed by atoms with Crippen molar-refractivity contribution in [2.75, 3.05) is 19.0 Å². The topological polar surface area (TPSA) is 47.0 Å². The molecule has 4 nitrogen and oxygen atoms in total. The van der Waals surface area contributed by atoms with E-state index in [1.54, 1.807) is 0 Å². The van der Waals surface area contributed by atoms with Crippen LogP contribution in [0.25, 0.3) is 11.4 Å². The van der Waals surface area contributed by atoms with Crippen molar-refractivity contribution >= 4 is 5.82 Å². The lowest BCUT2D eigenvalue weighted by molar-refractivity contribution is 0.357. The maximum absolute atomic E-state index is 5.56. The summed E-state index contributed by atoms with van der Waals surface area (Å²) in [5.41, 5.74) is 4.84. The van der Waals surface area contributed by atoms with Gasteiger partial charge in [-0.1, -0.05) is 0 Å². The summed E-state index contributed by atoms with van der Waals surface area (Å²) >= 11 is 0. The van der Waals surface area contributed by atoms with Gasteiger partial charge < -0.3 is 10.1 Å². The highest BCUT2D eigenvalue weighted by atomic mass is 16.5. The highest BCUT2D eigenvalue weighted by Gasteiger charge is 2.20. The second kappa shape index (κ2) is 4.47. The molecule has 0 saturated carbocycles. The molecule has 0 bridgehead atoms. The van der Waals surface area contributed by atoms with E-state index in [9.17, 15) is 0 Å². The number of hydrogen-bond donors (Lipinski definition) is 1. The number of hydrogen-bond acceptors (Lipinski definition) is 4. The number of rotatable bonds is 2. The molecule has 1 aliphatic carbocycles. The highest BCUT2D eigenvalue weighted by Crippen LogP contribution is 2.32. The summed E-state index contributed by atoms with van der Waals surface area (Å²) in [7, 11) is 1.93. The molecule has 0 fully saturated rings. The van der Waals surface area contributed by atoms with Crippen LogP contribution in [0.3, 0.4) is 0 Å².